The van der Waals surface area contributed by atoms with Crippen molar-refractivity contribution in [3.05, 3.63) is 89.3 Å². The van der Waals surface area contributed by atoms with Gasteiger partial charge in [0.1, 0.15) is 11.5 Å². The fourth-order valence-electron chi connectivity index (χ4n) is 2.61. The van der Waals surface area contributed by atoms with Gasteiger partial charge in [-0.15, -0.1) is 0 Å². The average Bonchev–Trinajstić information content (AvgIpc) is 3.13. The topological polar surface area (TPSA) is 93.5 Å². The van der Waals surface area contributed by atoms with Crippen LogP contribution in [-0.2, 0) is 11.4 Å². The van der Waals surface area contributed by atoms with Crippen LogP contribution in [0.15, 0.2) is 72.6 Å². The number of aliphatic hydroxyl groups excluding tert-OH is 2. The van der Waals surface area contributed by atoms with Crippen molar-refractivity contribution < 1.29 is 20.1 Å². The molecule has 0 saturated carbocycles. The fraction of sp³-hybridized carbons (Fsp3) is 0.0455. The zero-order valence-corrected chi connectivity index (χ0v) is 14.5. The summed E-state index contributed by atoms with van der Waals surface area (Å²) in [5.74, 6) is -0.533. The lowest BCUT2D eigenvalue weighted by atomic mass is 10.1. The number of nitrogens with one attached hydrogen (secondary N) is 1. The van der Waals surface area contributed by atoms with Gasteiger partial charge in [0, 0.05) is 23.4 Å². The molecule has 3 rings (SSSR count). The van der Waals surface area contributed by atoms with Crippen LogP contribution in [0, 0.1) is 0 Å². The number of aliphatic hydroxyl groups is 2. The predicted molar refractivity (Wildman–Crippen MR) is 106 cm³/mol. The number of hydrogen-bond donors (Lipinski definition) is 4. The summed E-state index contributed by atoms with van der Waals surface area (Å²) in [6.07, 6.45) is 9.01. The number of fused-ring (bicyclic) bond motifs is 1. The maximum Gasteiger partial charge on any atom is 0.182 e. The van der Waals surface area contributed by atoms with Gasteiger partial charge >= 0.3 is 0 Å². The van der Waals surface area contributed by atoms with Crippen LogP contribution >= 0.6 is 0 Å². The molecule has 0 amide bonds. The van der Waals surface area contributed by atoms with E-state index in [1.807, 2.05) is 30.5 Å². The summed E-state index contributed by atoms with van der Waals surface area (Å²) < 4.78 is 0. The third-order valence-electron chi connectivity index (χ3n) is 4.03. The van der Waals surface area contributed by atoms with Crippen molar-refractivity contribution in [2.24, 2.45) is 0 Å². The highest BCUT2D eigenvalue weighted by atomic mass is 16.3. The van der Waals surface area contributed by atoms with E-state index in [0.717, 1.165) is 22.5 Å². The molecule has 0 spiro atoms. The van der Waals surface area contributed by atoms with Crippen LogP contribution in [0.1, 0.15) is 16.7 Å². The first-order chi connectivity index (χ1) is 13.0. The van der Waals surface area contributed by atoms with E-state index in [9.17, 15) is 15.0 Å². The van der Waals surface area contributed by atoms with Gasteiger partial charge in [-0.25, -0.2) is 0 Å². The Morgan fingerprint density at radius 3 is 2.56 bits per heavy atom. The van der Waals surface area contributed by atoms with E-state index >= 15 is 0 Å². The third-order valence-corrected chi connectivity index (χ3v) is 4.03. The lowest BCUT2D eigenvalue weighted by Gasteiger charge is -2.01. The molecule has 5 heteroatoms. The fourth-order valence-corrected chi connectivity index (χ4v) is 2.61. The Balaban J connectivity index is 1.66. The van der Waals surface area contributed by atoms with Crippen LogP contribution < -0.4 is 0 Å². The number of hydrogen-bond acceptors (Lipinski definition) is 4. The van der Waals surface area contributed by atoms with Crippen molar-refractivity contribution in [3.8, 4) is 5.75 Å². The highest BCUT2D eigenvalue weighted by molar-refractivity contribution is 6.02. The molecule has 0 fully saturated rings. The molecule has 1 aromatic heterocycles. The second-order valence-corrected chi connectivity index (χ2v) is 6.01. The number of ketones is 1. The van der Waals surface area contributed by atoms with Crippen molar-refractivity contribution >= 4 is 28.8 Å². The summed E-state index contributed by atoms with van der Waals surface area (Å²) in [4.78, 5) is 15.1. The molecule has 0 saturated heterocycles. The minimum atomic E-state index is -0.379. The number of benzene rings is 2. The van der Waals surface area contributed by atoms with E-state index < -0.39 is 0 Å². The normalized spacial score (nSPS) is 12.4. The van der Waals surface area contributed by atoms with E-state index in [-0.39, 0.29) is 23.9 Å². The third kappa shape index (κ3) is 4.74. The predicted octanol–water partition coefficient (Wildman–Crippen LogP) is 4.10. The maximum atomic E-state index is 11.9. The highest BCUT2D eigenvalue weighted by Crippen LogP contribution is 2.19. The van der Waals surface area contributed by atoms with Crippen LogP contribution in [-0.4, -0.2) is 26.1 Å². The van der Waals surface area contributed by atoms with Gasteiger partial charge in [0.05, 0.1) is 6.61 Å². The number of H-pyrrole nitrogens is 1. The molecular formula is C22H19NO4. The second kappa shape index (κ2) is 8.21. The van der Waals surface area contributed by atoms with Gasteiger partial charge in [0.15, 0.2) is 5.78 Å². The first-order valence-corrected chi connectivity index (χ1v) is 8.36. The highest BCUT2D eigenvalue weighted by Gasteiger charge is 2.01. The standard InChI is InChI=1S/C22H19NO4/c24-14-18-11-15(4-8-22(18)27)2-6-19(25)13-20(26)7-3-16-1-5-17-9-10-23-21(17)12-16/h1-13,23-24,26-27H,14H2/b6-2+,7-3+,20-13-. The monoisotopic (exact) mass is 361 g/mol. The molecule has 3 aromatic rings. The molecule has 0 aliphatic carbocycles. The van der Waals surface area contributed by atoms with E-state index in [4.69, 9.17) is 5.11 Å². The Kier molecular flexibility index (Phi) is 5.54. The van der Waals surface area contributed by atoms with Crippen molar-refractivity contribution in [2.75, 3.05) is 0 Å². The summed E-state index contributed by atoms with van der Waals surface area (Å²) in [6.45, 7) is -0.290. The van der Waals surface area contributed by atoms with Crippen molar-refractivity contribution in [1.82, 2.24) is 4.98 Å². The molecular weight excluding hydrogens is 342 g/mol. The van der Waals surface area contributed by atoms with Gasteiger partial charge < -0.3 is 20.3 Å². The molecule has 136 valence electrons. The molecule has 0 unspecified atom stereocenters. The number of rotatable bonds is 6. The molecule has 0 bridgehead atoms. The number of aromatic nitrogens is 1. The Morgan fingerprint density at radius 1 is 1.00 bits per heavy atom. The molecule has 0 atom stereocenters. The zero-order valence-electron chi connectivity index (χ0n) is 14.5. The minimum absolute atomic E-state index is 0.00110. The molecule has 0 aliphatic heterocycles. The quantitative estimate of drug-likeness (QED) is 0.302. The maximum absolute atomic E-state index is 11.9. The Morgan fingerprint density at radius 2 is 1.74 bits per heavy atom. The number of phenols is 1. The summed E-state index contributed by atoms with van der Waals surface area (Å²) in [5.41, 5.74) is 2.93. The SMILES string of the molecule is O=C(/C=C(O)/C=C/c1ccc2cc[nH]c2c1)/C=C/c1ccc(O)c(CO)c1. The molecule has 5 nitrogen and oxygen atoms in total. The van der Waals surface area contributed by atoms with Gasteiger partial charge in [-0.1, -0.05) is 30.4 Å². The van der Waals surface area contributed by atoms with Gasteiger partial charge in [-0.2, -0.15) is 0 Å². The van der Waals surface area contributed by atoms with Crippen LogP contribution in [0.5, 0.6) is 5.75 Å². The van der Waals surface area contributed by atoms with Gasteiger partial charge in [-0.05, 0) is 52.9 Å². The molecule has 27 heavy (non-hydrogen) atoms. The first kappa shape index (κ1) is 18.2. The summed E-state index contributed by atoms with van der Waals surface area (Å²) in [5, 5.41) is 29.7. The van der Waals surface area contributed by atoms with Crippen LogP contribution in [0.3, 0.4) is 0 Å². The van der Waals surface area contributed by atoms with E-state index in [1.165, 1.54) is 18.2 Å². The number of allylic oxidation sites excluding steroid dienone is 3. The lowest BCUT2D eigenvalue weighted by molar-refractivity contribution is -0.110. The molecule has 4 N–H and O–H groups in total. The Labute approximate surface area is 156 Å². The number of aromatic amines is 1. The van der Waals surface area contributed by atoms with Gasteiger partial charge in [-0.3, -0.25) is 4.79 Å². The second-order valence-electron chi connectivity index (χ2n) is 6.01. The van der Waals surface area contributed by atoms with Crippen LogP contribution in [0.2, 0.25) is 0 Å². The Hall–Kier alpha value is -3.57. The largest absolute Gasteiger partial charge is 0.508 e. The van der Waals surface area contributed by atoms with Gasteiger partial charge in [0.2, 0.25) is 0 Å². The Bertz CT molecular complexity index is 1060. The average molecular weight is 361 g/mol. The molecule has 0 aliphatic rings. The van der Waals surface area contributed by atoms with Gasteiger partial charge in [0.25, 0.3) is 0 Å². The number of carbonyl (C=O) groups is 1. The van der Waals surface area contributed by atoms with Crippen LogP contribution in [0.4, 0.5) is 0 Å². The lowest BCUT2D eigenvalue weighted by Crippen LogP contribution is -1.89. The zero-order chi connectivity index (χ0) is 19.2. The van der Waals surface area contributed by atoms with E-state index in [0.29, 0.717) is 11.1 Å². The van der Waals surface area contributed by atoms with E-state index in [1.54, 1.807) is 24.3 Å². The summed E-state index contributed by atoms with van der Waals surface area (Å²) in [6, 6.07) is 12.5. The van der Waals surface area contributed by atoms with Crippen molar-refractivity contribution in [1.29, 1.82) is 0 Å². The summed E-state index contributed by atoms with van der Waals surface area (Å²) >= 11 is 0. The number of carbonyl (C=O) groups excluding carboxylic acids is 1. The molecule has 1 heterocycles. The molecule has 0 radical (unpaired) electrons. The first-order valence-electron chi connectivity index (χ1n) is 8.36. The van der Waals surface area contributed by atoms with E-state index in [2.05, 4.69) is 4.98 Å². The van der Waals surface area contributed by atoms with Crippen molar-refractivity contribution in [3.63, 3.8) is 0 Å². The smallest absolute Gasteiger partial charge is 0.182 e. The number of aromatic hydroxyl groups is 1. The summed E-state index contributed by atoms with van der Waals surface area (Å²) in [7, 11) is 0. The molecule has 2 aromatic carbocycles. The van der Waals surface area contributed by atoms with Crippen molar-refractivity contribution in [2.45, 2.75) is 6.61 Å². The minimum Gasteiger partial charge on any atom is -0.508 e. The van der Waals surface area contributed by atoms with Crippen LogP contribution in [0.25, 0.3) is 23.1 Å².